The van der Waals surface area contributed by atoms with Crippen molar-refractivity contribution in [2.45, 2.75) is 6.54 Å². The Morgan fingerprint density at radius 1 is 1.38 bits per heavy atom. The molecule has 0 spiro atoms. The lowest BCUT2D eigenvalue weighted by molar-refractivity contribution is 0.511. The third kappa shape index (κ3) is 2.48. The number of nitrogens with zero attached hydrogens (tertiary/aromatic N) is 1. The molecule has 6 heteroatoms. The Labute approximate surface area is 99.9 Å². The van der Waals surface area contributed by atoms with E-state index in [0.29, 0.717) is 11.0 Å². The Kier molecular flexibility index (Phi) is 3.36. The van der Waals surface area contributed by atoms with E-state index in [1.807, 2.05) is 0 Å². The van der Waals surface area contributed by atoms with E-state index >= 15 is 0 Å². The highest BCUT2D eigenvalue weighted by molar-refractivity contribution is 7.15. The fourth-order valence-electron chi connectivity index (χ4n) is 1.19. The van der Waals surface area contributed by atoms with Gasteiger partial charge in [-0.25, -0.2) is 13.8 Å². The van der Waals surface area contributed by atoms with Crippen molar-refractivity contribution in [1.29, 1.82) is 0 Å². The molecule has 0 aliphatic carbocycles. The van der Waals surface area contributed by atoms with Crippen molar-refractivity contribution in [3.63, 3.8) is 0 Å². The van der Waals surface area contributed by atoms with E-state index in [1.54, 1.807) is 6.20 Å². The molecule has 0 saturated heterocycles. The summed E-state index contributed by atoms with van der Waals surface area (Å²) in [5.74, 6) is -1.74. The number of benzene rings is 1. The first-order valence-corrected chi connectivity index (χ1v) is 5.64. The summed E-state index contributed by atoms with van der Waals surface area (Å²) in [4.78, 5) is 4.70. The first kappa shape index (κ1) is 11.3. The van der Waals surface area contributed by atoms with Crippen molar-refractivity contribution in [2.24, 2.45) is 0 Å². The Balaban J connectivity index is 2.07. The first-order valence-electron chi connectivity index (χ1n) is 4.45. The van der Waals surface area contributed by atoms with Crippen LogP contribution in [0.25, 0.3) is 0 Å². The van der Waals surface area contributed by atoms with Crippen molar-refractivity contribution in [2.75, 3.05) is 5.32 Å². The lowest BCUT2D eigenvalue weighted by Gasteiger charge is -2.05. The van der Waals surface area contributed by atoms with Gasteiger partial charge in [0.1, 0.15) is 0 Å². The lowest BCUT2D eigenvalue weighted by atomic mass is 10.3. The number of thiazole rings is 1. The van der Waals surface area contributed by atoms with Gasteiger partial charge in [0.05, 0.1) is 12.2 Å². The maximum Gasteiger partial charge on any atom is 0.183 e. The Morgan fingerprint density at radius 2 is 2.19 bits per heavy atom. The Bertz CT molecular complexity index is 501. The van der Waals surface area contributed by atoms with E-state index in [2.05, 4.69) is 10.3 Å². The number of halogens is 3. The molecule has 0 radical (unpaired) electrons. The molecular weight excluding hydrogens is 254 g/mol. The van der Waals surface area contributed by atoms with Crippen molar-refractivity contribution in [3.05, 3.63) is 45.4 Å². The van der Waals surface area contributed by atoms with Gasteiger partial charge in [0, 0.05) is 11.1 Å². The second-order valence-electron chi connectivity index (χ2n) is 3.03. The third-order valence-corrected chi connectivity index (χ3v) is 3.04. The van der Waals surface area contributed by atoms with Crippen LogP contribution in [0.1, 0.15) is 4.88 Å². The molecule has 0 fully saturated rings. The third-order valence-electron chi connectivity index (χ3n) is 1.93. The van der Waals surface area contributed by atoms with E-state index in [1.165, 1.54) is 23.5 Å². The molecule has 0 unspecified atom stereocenters. The largest absolute Gasteiger partial charge is 0.378 e. The van der Waals surface area contributed by atoms with Gasteiger partial charge in [-0.1, -0.05) is 17.7 Å². The lowest BCUT2D eigenvalue weighted by Crippen LogP contribution is -2.01. The zero-order valence-electron chi connectivity index (χ0n) is 8.01. The molecule has 2 rings (SSSR count). The second-order valence-corrected chi connectivity index (χ2v) is 4.73. The van der Waals surface area contributed by atoms with E-state index in [0.717, 1.165) is 10.9 Å². The molecule has 0 bridgehead atoms. The monoisotopic (exact) mass is 260 g/mol. The van der Waals surface area contributed by atoms with Crippen LogP contribution in [0, 0.1) is 11.6 Å². The average molecular weight is 261 g/mol. The standard InChI is InChI=1S/C10H7ClF2N2S/c11-10-15-5-6(16-10)4-14-8-3-1-2-7(12)9(8)13/h1-3,5,14H,4H2. The molecule has 0 aliphatic rings. The molecule has 16 heavy (non-hydrogen) atoms. The molecule has 1 N–H and O–H groups in total. The zero-order valence-corrected chi connectivity index (χ0v) is 9.58. The van der Waals surface area contributed by atoms with E-state index in [-0.39, 0.29) is 5.69 Å². The Hall–Kier alpha value is -1.20. The summed E-state index contributed by atoms with van der Waals surface area (Å²) in [5, 5.41) is 2.78. The predicted octanol–water partition coefficient (Wildman–Crippen LogP) is 3.69. The average Bonchev–Trinajstić information content (AvgIpc) is 2.67. The highest BCUT2D eigenvalue weighted by atomic mass is 35.5. The van der Waals surface area contributed by atoms with Crippen LogP contribution in [0.4, 0.5) is 14.5 Å². The number of nitrogens with one attached hydrogen (secondary N) is 1. The molecule has 1 aromatic carbocycles. The summed E-state index contributed by atoms with van der Waals surface area (Å²) in [5.41, 5.74) is 0.129. The van der Waals surface area contributed by atoms with E-state index in [4.69, 9.17) is 11.6 Å². The predicted molar refractivity (Wildman–Crippen MR) is 60.8 cm³/mol. The molecular formula is C10H7ClF2N2S. The maximum absolute atomic E-state index is 13.2. The van der Waals surface area contributed by atoms with Gasteiger partial charge in [-0.2, -0.15) is 0 Å². The molecule has 2 aromatic rings. The van der Waals surface area contributed by atoms with Crippen molar-refractivity contribution in [1.82, 2.24) is 4.98 Å². The SMILES string of the molecule is Fc1cccc(NCc2cnc(Cl)s2)c1F. The summed E-state index contributed by atoms with van der Waals surface area (Å²) in [6, 6.07) is 3.99. The van der Waals surface area contributed by atoms with Crippen LogP contribution >= 0.6 is 22.9 Å². The van der Waals surface area contributed by atoms with E-state index in [9.17, 15) is 8.78 Å². The van der Waals surface area contributed by atoms with Crippen LogP contribution in [-0.4, -0.2) is 4.98 Å². The molecule has 0 atom stereocenters. The molecule has 0 saturated carbocycles. The first-order chi connectivity index (χ1) is 7.66. The smallest absolute Gasteiger partial charge is 0.183 e. The van der Waals surface area contributed by atoms with Gasteiger partial charge in [0.2, 0.25) is 0 Å². The van der Waals surface area contributed by atoms with Gasteiger partial charge < -0.3 is 5.32 Å². The fraction of sp³-hybridized carbons (Fsp3) is 0.100. The molecule has 0 amide bonds. The van der Waals surface area contributed by atoms with Crippen LogP contribution in [0.15, 0.2) is 24.4 Å². The van der Waals surface area contributed by atoms with Crippen LogP contribution in [0.3, 0.4) is 0 Å². The van der Waals surface area contributed by atoms with Crippen molar-refractivity contribution in [3.8, 4) is 0 Å². The number of hydrogen-bond acceptors (Lipinski definition) is 3. The van der Waals surface area contributed by atoms with Crippen LogP contribution in [0.5, 0.6) is 0 Å². The van der Waals surface area contributed by atoms with Crippen LogP contribution in [0.2, 0.25) is 4.47 Å². The van der Waals surface area contributed by atoms with Gasteiger partial charge in [0.25, 0.3) is 0 Å². The van der Waals surface area contributed by atoms with E-state index < -0.39 is 11.6 Å². The molecule has 1 aromatic heterocycles. The normalized spacial score (nSPS) is 10.4. The van der Waals surface area contributed by atoms with Gasteiger partial charge in [-0.3, -0.25) is 0 Å². The highest BCUT2D eigenvalue weighted by Gasteiger charge is 2.07. The summed E-state index contributed by atoms with van der Waals surface area (Å²) in [6.07, 6.45) is 1.59. The number of aromatic nitrogens is 1. The summed E-state index contributed by atoms with van der Waals surface area (Å²) < 4.78 is 26.5. The van der Waals surface area contributed by atoms with Crippen LogP contribution in [-0.2, 0) is 6.54 Å². The molecule has 84 valence electrons. The summed E-state index contributed by atoms with van der Waals surface area (Å²) in [6.45, 7) is 0.366. The molecule has 1 heterocycles. The maximum atomic E-state index is 13.2. The minimum atomic E-state index is -0.877. The van der Waals surface area contributed by atoms with Gasteiger partial charge >= 0.3 is 0 Å². The Morgan fingerprint density at radius 3 is 2.88 bits per heavy atom. The van der Waals surface area contributed by atoms with Crippen molar-refractivity contribution < 1.29 is 8.78 Å². The van der Waals surface area contributed by atoms with Crippen LogP contribution < -0.4 is 5.32 Å². The van der Waals surface area contributed by atoms with Gasteiger partial charge in [-0.05, 0) is 12.1 Å². The zero-order chi connectivity index (χ0) is 11.5. The minimum absolute atomic E-state index is 0.129. The quantitative estimate of drug-likeness (QED) is 0.910. The van der Waals surface area contributed by atoms with Crippen molar-refractivity contribution >= 4 is 28.6 Å². The summed E-state index contributed by atoms with van der Waals surface area (Å²) in [7, 11) is 0. The number of hydrogen-bond donors (Lipinski definition) is 1. The molecule has 2 nitrogen and oxygen atoms in total. The molecule has 0 aliphatic heterocycles. The van der Waals surface area contributed by atoms with Gasteiger partial charge in [0.15, 0.2) is 16.1 Å². The highest BCUT2D eigenvalue weighted by Crippen LogP contribution is 2.21. The second kappa shape index (κ2) is 4.76. The topological polar surface area (TPSA) is 24.9 Å². The number of rotatable bonds is 3. The minimum Gasteiger partial charge on any atom is -0.378 e. The van der Waals surface area contributed by atoms with Gasteiger partial charge in [-0.15, -0.1) is 11.3 Å². The number of anilines is 1. The fourth-order valence-corrected chi connectivity index (χ4v) is 2.11. The summed E-state index contributed by atoms with van der Waals surface area (Å²) >= 11 is 6.94.